The van der Waals surface area contributed by atoms with Gasteiger partial charge in [-0.1, -0.05) is 73.4 Å². The van der Waals surface area contributed by atoms with E-state index in [1.807, 2.05) is 13.8 Å². The van der Waals surface area contributed by atoms with Gasteiger partial charge < -0.3 is 21.3 Å². The molecule has 5 rings (SSSR count). The highest BCUT2D eigenvalue weighted by Crippen LogP contribution is 2.33. The van der Waals surface area contributed by atoms with E-state index in [2.05, 4.69) is 41.7 Å². The predicted octanol–water partition coefficient (Wildman–Crippen LogP) is 12.6. The molecule has 5 aromatic carbocycles. The van der Waals surface area contributed by atoms with Gasteiger partial charge in [0.15, 0.2) is 11.6 Å². The highest BCUT2D eigenvalue weighted by molar-refractivity contribution is 6.35. The Kier molecular flexibility index (Phi) is 17.8. The smallest absolute Gasteiger partial charge is 0.258 e. The summed E-state index contributed by atoms with van der Waals surface area (Å²) in [6, 6.07) is 22.8. The summed E-state index contributed by atoms with van der Waals surface area (Å²) in [6.07, 6.45) is 0.801. The maximum absolute atomic E-state index is 13.6. The van der Waals surface area contributed by atoms with Crippen LogP contribution in [0.15, 0.2) is 118 Å². The molecule has 4 N–H and O–H groups in total. The van der Waals surface area contributed by atoms with Crippen LogP contribution < -0.4 is 21.3 Å². The second-order valence-corrected chi connectivity index (χ2v) is 17.0. The van der Waals surface area contributed by atoms with E-state index >= 15 is 0 Å². The van der Waals surface area contributed by atoms with Crippen LogP contribution in [0.3, 0.4) is 0 Å². The number of halogens is 4. The minimum atomic E-state index is -1.56. The number of alkyl halides is 2. The van der Waals surface area contributed by atoms with Crippen LogP contribution in [0.25, 0.3) is 0 Å². The molecule has 0 bridgehead atoms. The van der Waals surface area contributed by atoms with Gasteiger partial charge in [0.1, 0.15) is 0 Å². The number of ketones is 2. The fourth-order valence-corrected chi connectivity index (χ4v) is 7.60. The quantitative estimate of drug-likeness (QED) is 0.0382. The summed E-state index contributed by atoms with van der Waals surface area (Å²) >= 11 is 25.3. The summed E-state index contributed by atoms with van der Waals surface area (Å²) in [5.74, 6) is -3.80. The lowest BCUT2D eigenvalue weighted by molar-refractivity contribution is -0.127. The van der Waals surface area contributed by atoms with E-state index in [1.54, 1.807) is 74.5 Å². The first-order valence-electron chi connectivity index (χ1n) is 20.7. The van der Waals surface area contributed by atoms with Crippen molar-refractivity contribution in [2.75, 3.05) is 21.3 Å². The number of nitrogens with one attached hydrogen (secondary N) is 4. The Balaban J connectivity index is 1.31. The maximum Gasteiger partial charge on any atom is 0.258 e. The Labute approximate surface area is 402 Å². The summed E-state index contributed by atoms with van der Waals surface area (Å²) < 4.78 is 0. The lowest BCUT2D eigenvalue weighted by Crippen LogP contribution is -2.33. The van der Waals surface area contributed by atoms with Crippen LogP contribution in [0.1, 0.15) is 95.3 Å². The Bertz CT molecular complexity index is 2560. The van der Waals surface area contributed by atoms with Crippen LogP contribution in [-0.2, 0) is 32.0 Å². The Morgan fingerprint density at radius 1 is 0.515 bits per heavy atom. The van der Waals surface area contributed by atoms with Crippen LogP contribution in [0, 0.1) is 0 Å². The van der Waals surface area contributed by atoms with Gasteiger partial charge in [0.05, 0.1) is 43.3 Å². The predicted molar refractivity (Wildman–Crippen MR) is 261 cm³/mol. The molecule has 0 aliphatic heterocycles. The second-order valence-electron chi connectivity index (χ2n) is 14.9. The van der Waals surface area contributed by atoms with Gasteiger partial charge in [-0.15, -0.1) is 23.2 Å². The Morgan fingerprint density at radius 2 is 0.879 bits per heavy atom. The van der Waals surface area contributed by atoms with Crippen molar-refractivity contribution in [1.29, 1.82) is 0 Å². The third kappa shape index (κ3) is 12.7. The van der Waals surface area contributed by atoms with Crippen molar-refractivity contribution >= 4 is 116 Å². The number of para-hydroxylation sites is 2. The van der Waals surface area contributed by atoms with Crippen molar-refractivity contribution in [3.8, 4) is 0 Å². The highest BCUT2D eigenvalue weighted by Gasteiger charge is 2.27. The molecular formula is C48H46Cl4N8O6. The monoisotopic (exact) mass is 970 g/mol. The molecule has 18 heteroatoms. The minimum Gasteiger partial charge on any atom is -0.323 e. The standard InChI is InChI=1S/C48H46Cl4N8O6/c1-7-31-32(8-2)42(56-48(66)44(28(6)62)60-58-30-18-20-38(52)36(24-30)46(64)54-40-16-12-10-14-34(40)26(4)50)22-21-41(31)55-47(65)43(27(5)61)59-57-29-17-19-37(51)35(23-29)45(63)53-39-15-11-9-13-33(39)25(3)49/h9-26,43-44H,7-8H2,1-6H3,(H,53,63)(H,54,64)(H,55,65)(H,56,66). The zero-order valence-electron chi connectivity index (χ0n) is 36.7. The molecule has 4 unspecified atom stereocenters. The van der Waals surface area contributed by atoms with E-state index < -0.39 is 47.3 Å². The first-order valence-corrected chi connectivity index (χ1v) is 22.3. The molecule has 0 saturated heterocycles. The van der Waals surface area contributed by atoms with Crippen molar-refractivity contribution in [3.05, 3.63) is 140 Å². The molecule has 0 saturated carbocycles. The van der Waals surface area contributed by atoms with Gasteiger partial charge >= 0.3 is 0 Å². The van der Waals surface area contributed by atoms with Crippen LogP contribution >= 0.6 is 46.4 Å². The molecule has 0 fully saturated rings. The SMILES string of the molecule is CCc1c(NC(=O)C(N=Nc2ccc(Cl)c(C(=O)Nc3ccccc3C(C)Cl)c2)C(C)=O)ccc(NC(=O)C(N=Nc2ccc(Cl)c(C(=O)Nc3ccccc3C(C)Cl)c2)C(C)=O)c1CC. The van der Waals surface area contributed by atoms with E-state index in [4.69, 9.17) is 46.4 Å². The Morgan fingerprint density at radius 3 is 1.21 bits per heavy atom. The van der Waals surface area contributed by atoms with Gasteiger partial charge in [-0.3, -0.25) is 28.8 Å². The summed E-state index contributed by atoms with van der Waals surface area (Å²) in [6.45, 7) is 9.67. The van der Waals surface area contributed by atoms with Crippen LogP contribution in [0.2, 0.25) is 10.0 Å². The van der Waals surface area contributed by atoms with Gasteiger partial charge in [-0.05, 0) is 123 Å². The Hall–Kier alpha value is -6.32. The normalized spacial score (nSPS) is 13.1. The number of hydrogen-bond donors (Lipinski definition) is 4. The van der Waals surface area contributed by atoms with Crippen molar-refractivity contribution in [3.63, 3.8) is 0 Å². The summed E-state index contributed by atoms with van der Waals surface area (Å²) in [5, 5.41) is 27.0. The average molecular weight is 973 g/mol. The zero-order valence-corrected chi connectivity index (χ0v) is 39.7. The fraction of sp³-hybridized carbons (Fsp3) is 0.250. The van der Waals surface area contributed by atoms with E-state index in [-0.39, 0.29) is 43.3 Å². The molecule has 4 atom stereocenters. The van der Waals surface area contributed by atoms with Crippen LogP contribution in [0.5, 0.6) is 0 Å². The first-order chi connectivity index (χ1) is 31.4. The largest absolute Gasteiger partial charge is 0.323 e. The third-order valence-electron chi connectivity index (χ3n) is 10.2. The number of amides is 4. The molecule has 0 heterocycles. The van der Waals surface area contributed by atoms with Crippen LogP contribution in [0.4, 0.5) is 34.1 Å². The molecule has 0 radical (unpaired) electrons. The number of carbonyl (C=O) groups excluding carboxylic acids is 6. The van der Waals surface area contributed by atoms with Gasteiger partial charge in [0.2, 0.25) is 12.1 Å². The zero-order chi connectivity index (χ0) is 48.2. The summed E-state index contributed by atoms with van der Waals surface area (Å²) in [7, 11) is 0. The molecule has 0 aliphatic carbocycles. The van der Waals surface area contributed by atoms with E-state index in [1.165, 1.54) is 50.2 Å². The molecular weight excluding hydrogens is 926 g/mol. The number of Topliss-reactive ketones (excluding diaryl/α,β-unsaturated/α-hetero) is 2. The van der Waals surface area contributed by atoms with E-state index in [9.17, 15) is 28.8 Å². The van der Waals surface area contributed by atoms with Gasteiger partial charge in [-0.2, -0.15) is 20.5 Å². The summed E-state index contributed by atoms with van der Waals surface area (Å²) in [4.78, 5) is 79.3. The molecule has 14 nitrogen and oxygen atoms in total. The molecule has 342 valence electrons. The third-order valence-corrected chi connectivity index (χ3v) is 11.3. The molecule has 5 aromatic rings. The maximum atomic E-state index is 13.6. The molecule has 0 aromatic heterocycles. The van der Waals surface area contributed by atoms with E-state index in [0.717, 1.165) is 0 Å². The van der Waals surface area contributed by atoms with Crippen molar-refractivity contribution in [2.24, 2.45) is 20.5 Å². The number of anilines is 4. The molecule has 0 aliphatic rings. The van der Waals surface area contributed by atoms with Crippen LogP contribution in [-0.4, -0.2) is 47.3 Å². The number of nitrogens with zero attached hydrogens (tertiary/aromatic N) is 4. The lowest BCUT2D eigenvalue weighted by Gasteiger charge is -2.20. The molecule has 4 amide bonds. The van der Waals surface area contributed by atoms with Gasteiger partial charge in [0.25, 0.3) is 23.6 Å². The minimum absolute atomic E-state index is 0.0797. The van der Waals surface area contributed by atoms with Crippen molar-refractivity contribution in [1.82, 2.24) is 0 Å². The van der Waals surface area contributed by atoms with Gasteiger partial charge in [-0.25, -0.2) is 0 Å². The lowest BCUT2D eigenvalue weighted by atomic mass is 9.98. The van der Waals surface area contributed by atoms with Gasteiger partial charge in [0, 0.05) is 22.7 Å². The number of carbonyl (C=O) groups is 6. The number of hydrogen-bond acceptors (Lipinski definition) is 10. The fourth-order valence-electron chi connectivity index (χ4n) is 6.82. The van der Waals surface area contributed by atoms with Crippen molar-refractivity contribution < 1.29 is 28.8 Å². The number of azo groups is 2. The molecule has 0 spiro atoms. The summed E-state index contributed by atoms with van der Waals surface area (Å²) in [5.41, 5.74) is 4.94. The first kappa shape index (κ1) is 50.7. The highest BCUT2D eigenvalue weighted by atomic mass is 35.5. The second kappa shape index (κ2) is 23.2. The molecule has 66 heavy (non-hydrogen) atoms. The number of benzene rings is 5. The van der Waals surface area contributed by atoms with E-state index in [0.29, 0.717) is 57.8 Å². The average Bonchev–Trinajstić information content (AvgIpc) is 3.27. The number of rotatable bonds is 18. The topological polar surface area (TPSA) is 200 Å². The van der Waals surface area contributed by atoms with Crippen molar-refractivity contribution in [2.45, 2.75) is 77.2 Å².